The van der Waals surface area contributed by atoms with Crippen molar-refractivity contribution in [3.05, 3.63) is 0 Å². The van der Waals surface area contributed by atoms with E-state index in [-0.39, 0.29) is 17.0 Å². The SMILES string of the molecule is C[N+](C)(C)CCCCCCCCS.[Br-]. The van der Waals surface area contributed by atoms with E-state index in [0.29, 0.717) is 0 Å². The number of halogens is 1. The van der Waals surface area contributed by atoms with Crippen molar-refractivity contribution in [3.8, 4) is 0 Å². The van der Waals surface area contributed by atoms with Gasteiger partial charge in [0, 0.05) is 0 Å². The van der Waals surface area contributed by atoms with Crippen LogP contribution in [0, 0.1) is 0 Å². The summed E-state index contributed by atoms with van der Waals surface area (Å²) in [6, 6.07) is 0. The normalized spacial score (nSPS) is 11.1. The highest BCUT2D eigenvalue weighted by molar-refractivity contribution is 7.80. The Morgan fingerprint density at radius 2 is 1.21 bits per heavy atom. The number of unbranched alkanes of at least 4 members (excludes halogenated alkanes) is 5. The monoisotopic (exact) mass is 283 g/mol. The summed E-state index contributed by atoms with van der Waals surface area (Å²) in [4.78, 5) is 0. The van der Waals surface area contributed by atoms with Crippen molar-refractivity contribution in [1.82, 2.24) is 0 Å². The second-order valence-corrected chi connectivity index (χ2v) is 5.31. The van der Waals surface area contributed by atoms with Crippen molar-refractivity contribution in [1.29, 1.82) is 0 Å². The highest BCUT2D eigenvalue weighted by Crippen LogP contribution is 2.07. The summed E-state index contributed by atoms with van der Waals surface area (Å²) in [6.07, 6.45) is 8.25. The van der Waals surface area contributed by atoms with Crippen molar-refractivity contribution in [3.63, 3.8) is 0 Å². The van der Waals surface area contributed by atoms with Gasteiger partial charge in [0.2, 0.25) is 0 Å². The molecule has 0 unspecified atom stereocenters. The fraction of sp³-hybridized carbons (Fsp3) is 1.00. The summed E-state index contributed by atoms with van der Waals surface area (Å²) >= 11 is 4.20. The molecule has 0 N–H and O–H groups in total. The van der Waals surface area contributed by atoms with Gasteiger partial charge in [-0.25, -0.2) is 0 Å². The molecule has 0 saturated heterocycles. The maximum Gasteiger partial charge on any atom is 0.0780 e. The number of quaternary nitrogens is 1. The zero-order chi connectivity index (χ0) is 10.2. The molecule has 0 aliphatic heterocycles. The van der Waals surface area contributed by atoms with Crippen LogP contribution in [0.3, 0.4) is 0 Å². The van der Waals surface area contributed by atoms with E-state index in [9.17, 15) is 0 Å². The topological polar surface area (TPSA) is 0 Å². The number of rotatable bonds is 8. The molecule has 1 nitrogen and oxygen atoms in total. The van der Waals surface area contributed by atoms with Crippen LogP contribution in [-0.2, 0) is 0 Å². The van der Waals surface area contributed by atoms with Crippen LogP contribution in [-0.4, -0.2) is 37.9 Å². The van der Waals surface area contributed by atoms with E-state index in [1.54, 1.807) is 0 Å². The van der Waals surface area contributed by atoms with Gasteiger partial charge in [-0.3, -0.25) is 0 Å². The summed E-state index contributed by atoms with van der Waals surface area (Å²) in [6.45, 7) is 1.31. The molecule has 88 valence electrons. The first-order valence-corrected chi connectivity index (χ1v) is 6.11. The molecule has 0 aliphatic carbocycles. The Morgan fingerprint density at radius 1 is 0.786 bits per heavy atom. The minimum atomic E-state index is 0. The van der Waals surface area contributed by atoms with Crippen molar-refractivity contribution < 1.29 is 21.5 Å². The first-order valence-electron chi connectivity index (χ1n) is 5.47. The molecule has 0 aliphatic rings. The number of hydrogen-bond donors (Lipinski definition) is 1. The molecule has 14 heavy (non-hydrogen) atoms. The summed E-state index contributed by atoms with van der Waals surface area (Å²) in [5.74, 6) is 1.05. The van der Waals surface area contributed by atoms with Crippen LogP contribution in [0.15, 0.2) is 0 Å². The zero-order valence-corrected chi connectivity index (χ0v) is 12.4. The number of thiol groups is 1. The first-order chi connectivity index (χ1) is 6.06. The van der Waals surface area contributed by atoms with Gasteiger partial charge in [-0.1, -0.05) is 19.3 Å². The molecule has 0 bridgehead atoms. The van der Waals surface area contributed by atoms with Crippen molar-refractivity contribution in [2.45, 2.75) is 38.5 Å². The van der Waals surface area contributed by atoms with Crippen LogP contribution in [0.4, 0.5) is 0 Å². The lowest BCUT2D eigenvalue weighted by Crippen LogP contribution is -3.00. The molecule has 0 atom stereocenters. The van der Waals surface area contributed by atoms with E-state index in [1.807, 2.05) is 0 Å². The van der Waals surface area contributed by atoms with Crippen LogP contribution in [0.25, 0.3) is 0 Å². The Labute approximate surface area is 106 Å². The molecule has 0 aromatic rings. The minimum absolute atomic E-state index is 0. The third-order valence-electron chi connectivity index (χ3n) is 2.24. The Morgan fingerprint density at radius 3 is 1.64 bits per heavy atom. The predicted molar refractivity (Wildman–Crippen MR) is 64.5 cm³/mol. The average Bonchev–Trinajstić information content (AvgIpc) is 2.01. The Kier molecular flexibility index (Phi) is 12.7. The van der Waals surface area contributed by atoms with Crippen LogP contribution < -0.4 is 17.0 Å². The lowest BCUT2D eigenvalue weighted by Gasteiger charge is -2.23. The van der Waals surface area contributed by atoms with E-state index in [4.69, 9.17) is 0 Å². The Hall–Kier alpha value is 0.790. The standard InChI is InChI=1S/C11H25NS.BrH/c1-12(2,3)10-8-6-4-5-7-9-11-13;/h4-11H2,1-3H3;1H. The van der Waals surface area contributed by atoms with Gasteiger partial charge >= 0.3 is 0 Å². The lowest BCUT2D eigenvalue weighted by molar-refractivity contribution is -0.870. The van der Waals surface area contributed by atoms with Gasteiger partial charge in [-0.2, -0.15) is 12.6 Å². The van der Waals surface area contributed by atoms with E-state index in [2.05, 4.69) is 33.8 Å². The van der Waals surface area contributed by atoms with E-state index < -0.39 is 0 Å². The van der Waals surface area contributed by atoms with E-state index >= 15 is 0 Å². The maximum absolute atomic E-state index is 4.20. The molecular formula is C11H26BrNS. The van der Waals surface area contributed by atoms with E-state index in [1.165, 1.54) is 45.1 Å². The van der Waals surface area contributed by atoms with Gasteiger partial charge in [-0.05, 0) is 25.0 Å². The van der Waals surface area contributed by atoms with Crippen molar-refractivity contribution in [2.24, 2.45) is 0 Å². The summed E-state index contributed by atoms with van der Waals surface area (Å²) < 4.78 is 1.11. The lowest BCUT2D eigenvalue weighted by atomic mass is 10.1. The van der Waals surface area contributed by atoms with Crippen molar-refractivity contribution >= 4 is 12.6 Å². The number of nitrogens with zero attached hydrogens (tertiary/aromatic N) is 1. The van der Waals surface area contributed by atoms with Gasteiger partial charge in [-0.15, -0.1) is 0 Å². The maximum atomic E-state index is 4.20. The third kappa shape index (κ3) is 15.3. The molecule has 0 aromatic heterocycles. The van der Waals surface area contributed by atoms with Crippen molar-refractivity contribution in [2.75, 3.05) is 33.4 Å². The predicted octanol–water partition coefficient (Wildman–Crippen LogP) is -0.0330. The molecule has 0 amide bonds. The minimum Gasteiger partial charge on any atom is -1.00 e. The van der Waals surface area contributed by atoms with Gasteiger partial charge in [0.05, 0.1) is 27.7 Å². The highest BCUT2D eigenvalue weighted by atomic mass is 79.9. The third-order valence-corrected chi connectivity index (χ3v) is 2.55. The van der Waals surface area contributed by atoms with Crippen LogP contribution in [0.2, 0.25) is 0 Å². The molecule has 0 saturated carbocycles. The van der Waals surface area contributed by atoms with Crippen LogP contribution >= 0.6 is 12.6 Å². The molecule has 0 spiro atoms. The second-order valence-electron chi connectivity index (χ2n) is 4.86. The van der Waals surface area contributed by atoms with Gasteiger partial charge in [0.25, 0.3) is 0 Å². The summed E-state index contributed by atoms with van der Waals surface area (Å²) in [5.41, 5.74) is 0. The molecular weight excluding hydrogens is 258 g/mol. The fourth-order valence-corrected chi connectivity index (χ4v) is 1.63. The molecule has 0 radical (unpaired) electrons. The smallest absolute Gasteiger partial charge is 0.0780 e. The van der Waals surface area contributed by atoms with Gasteiger partial charge < -0.3 is 21.5 Å². The fourth-order valence-electron chi connectivity index (χ4n) is 1.41. The number of hydrogen-bond acceptors (Lipinski definition) is 1. The second kappa shape index (κ2) is 10.3. The van der Waals surface area contributed by atoms with Crippen LogP contribution in [0.1, 0.15) is 38.5 Å². The molecule has 0 heterocycles. The molecule has 0 aromatic carbocycles. The largest absolute Gasteiger partial charge is 1.00 e. The molecule has 0 fully saturated rings. The summed E-state index contributed by atoms with van der Waals surface area (Å²) in [7, 11) is 6.79. The quantitative estimate of drug-likeness (QED) is 0.361. The molecule has 0 rings (SSSR count). The van der Waals surface area contributed by atoms with Gasteiger partial charge in [0.15, 0.2) is 0 Å². The van der Waals surface area contributed by atoms with Crippen LogP contribution in [0.5, 0.6) is 0 Å². The van der Waals surface area contributed by atoms with Gasteiger partial charge in [0.1, 0.15) is 0 Å². The first kappa shape index (κ1) is 17.2. The molecule has 3 heteroatoms. The summed E-state index contributed by atoms with van der Waals surface area (Å²) in [5, 5.41) is 0. The Balaban J connectivity index is 0. The van der Waals surface area contributed by atoms with E-state index in [0.717, 1.165) is 10.2 Å². The zero-order valence-electron chi connectivity index (χ0n) is 9.93. The Bertz CT molecular complexity index is 112. The average molecular weight is 284 g/mol. The highest BCUT2D eigenvalue weighted by Gasteiger charge is 2.04.